The molecule has 0 unspecified atom stereocenters. The quantitative estimate of drug-likeness (QED) is 0.718. The van der Waals surface area contributed by atoms with E-state index < -0.39 is 0 Å². The van der Waals surface area contributed by atoms with Crippen molar-refractivity contribution >= 4 is 0 Å². The second-order valence-corrected chi connectivity index (χ2v) is 4.80. The van der Waals surface area contributed by atoms with Gasteiger partial charge >= 0.3 is 0 Å². The summed E-state index contributed by atoms with van der Waals surface area (Å²) in [6, 6.07) is 2.07. The summed E-state index contributed by atoms with van der Waals surface area (Å²) < 4.78 is 11.1. The van der Waals surface area contributed by atoms with Crippen molar-refractivity contribution < 1.29 is 9.15 Å². The molecule has 102 valence electrons. The number of nitrogens with zero attached hydrogens (tertiary/aromatic N) is 1. The molecule has 0 aromatic carbocycles. The zero-order valence-corrected chi connectivity index (χ0v) is 11.3. The molecule has 2 heterocycles. The monoisotopic (exact) mass is 252 g/mol. The van der Waals surface area contributed by atoms with Crippen molar-refractivity contribution in [2.75, 3.05) is 32.8 Å². The Kier molecular flexibility index (Phi) is 5.71. The lowest BCUT2D eigenvalue weighted by Gasteiger charge is -2.13. The van der Waals surface area contributed by atoms with Crippen molar-refractivity contribution in [2.45, 2.75) is 32.9 Å². The fourth-order valence-corrected chi connectivity index (χ4v) is 2.24. The Labute approximate surface area is 109 Å². The third-order valence-corrected chi connectivity index (χ3v) is 3.28. The fraction of sp³-hybridized carbons (Fsp3) is 0.714. The van der Waals surface area contributed by atoms with Gasteiger partial charge in [0.15, 0.2) is 0 Å². The lowest BCUT2D eigenvalue weighted by Crippen LogP contribution is -2.23. The van der Waals surface area contributed by atoms with E-state index in [0.717, 1.165) is 32.0 Å². The van der Waals surface area contributed by atoms with Crippen molar-refractivity contribution in [1.82, 2.24) is 10.2 Å². The van der Waals surface area contributed by atoms with Crippen molar-refractivity contribution in [2.24, 2.45) is 0 Å². The smallest absolute Gasteiger partial charge is 0.129 e. The summed E-state index contributed by atoms with van der Waals surface area (Å²) in [5.41, 5.74) is 1.19. The van der Waals surface area contributed by atoms with Crippen molar-refractivity contribution in [3.8, 4) is 0 Å². The number of rotatable bonds is 8. The third-order valence-electron chi connectivity index (χ3n) is 3.28. The molecular formula is C14H24N2O2. The maximum absolute atomic E-state index is 5.64. The second kappa shape index (κ2) is 7.56. The van der Waals surface area contributed by atoms with Crippen LogP contribution >= 0.6 is 0 Å². The first-order chi connectivity index (χ1) is 8.88. The highest BCUT2D eigenvalue weighted by atomic mass is 16.5. The molecule has 0 atom stereocenters. The molecule has 0 aliphatic carbocycles. The Morgan fingerprint density at radius 3 is 3.00 bits per heavy atom. The molecule has 4 nitrogen and oxygen atoms in total. The van der Waals surface area contributed by atoms with Crippen LogP contribution in [0, 0.1) is 0 Å². The lowest BCUT2D eigenvalue weighted by molar-refractivity contribution is 0.0875. The summed E-state index contributed by atoms with van der Waals surface area (Å²) in [6.45, 7) is 8.84. The van der Waals surface area contributed by atoms with E-state index in [-0.39, 0.29) is 0 Å². The Hall–Kier alpha value is -0.840. The Morgan fingerprint density at radius 1 is 1.39 bits per heavy atom. The van der Waals surface area contributed by atoms with Crippen LogP contribution in [0.1, 0.15) is 31.1 Å². The predicted octanol–water partition coefficient (Wildman–Crippen LogP) is 2.00. The van der Waals surface area contributed by atoms with Gasteiger partial charge in [-0.1, -0.05) is 6.92 Å². The van der Waals surface area contributed by atoms with Gasteiger partial charge in [0.05, 0.1) is 12.9 Å². The van der Waals surface area contributed by atoms with Crippen LogP contribution in [-0.4, -0.2) is 37.7 Å². The standard InChI is InChI=1S/C14H24N2O2/c1-2-15-10-13-9-14(18-11-13)12-17-8-7-16-5-3-4-6-16/h9,11,15H,2-8,10,12H2,1H3. The van der Waals surface area contributed by atoms with E-state index in [1.807, 2.05) is 6.26 Å². The van der Waals surface area contributed by atoms with Crippen LogP contribution in [0.15, 0.2) is 16.7 Å². The predicted molar refractivity (Wildman–Crippen MR) is 71.4 cm³/mol. The van der Waals surface area contributed by atoms with E-state index in [1.54, 1.807) is 0 Å². The van der Waals surface area contributed by atoms with Gasteiger partial charge in [0.25, 0.3) is 0 Å². The number of ether oxygens (including phenoxy) is 1. The number of furan rings is 1. The minimum atomic E-state index is 0.583. The third kappa shape index (κ3) is 4.44. The highest BCUT2D eigenvalue weighted by molar-refractivity contribution is 5.11. The Balaban J connectivity index is 1.59. The zero-order valence-electron chi connectivity index (χ0n) is 11.3. The van der Waals surface area contributed by atoms with Crippen molar-refractivity contribution in [3.05, 3.63) is 23.7 Å². The fourth-order valence-electron chi connectivity index (χ4n) is 2.24. The molecule has 4 heteroatoms. The minimum absolute atomic E-state index is 0.583. The van der Waals surface area contributed by atoms with Gasteiger partial charge in [-0.2, -0.15) is 0 Å². The van der Waals surface area contributed by atoms with E-state index >= 15 is 0 Å². The van der Waals surface area contributed by atoms with E-state index in [2.05, 4.69) is 23.2 Å². The molecule has 1 fully saturated rings. The molecule has 1 aromatic heterocycles. The van der Waals surface area contributed by atoms with E-state index in [9.17, 15) is 0 Å². The van der Waals surface area contributed by atoms with Gasteiger partial charge < -0.3 is 19.4 Å². The summed E-state index contributed by atoms with van der Waals surface area (Å²) in [4.78, 5) is 2.46. The molecule has 1 saturated heterocycles. The Morgan fingerprint density at radius 2 is 2.22 bits per heavy atom. The number of hydrogen-bond acceptors (Lipinski definition) is 4. The number of hydrogen-bond donors (Lipinski definition) is 1. The molecule has 18 heavy (non-hydrogen) atoms. The molecule has 0 amide bonds. The molecule has 0 bridgehead atoms. The topological polar surface area (TPSA) is 37.6 Å². The zero-order chi connectivity index (χ0) is 12.6. The highest BCUT2D eigenvalue weighted by Gasteiger charge is 2.10. The van der Waals surface area contributed by atoms with E-state index in [4.69, 9.17) is 9.15 Å². The molecule has 0 radical (unpaired) electrons. The first-order valence-corrected chi connectivity index (χ1v) is 6.95. The van der Waals surface area contributed by atoms with Crippen LogP contribution in [0.25, 0.3) is 0 Å². The van der Waals surface area contributed by atoms with Gasteiger partial charge in [-0.05, 0) is 38.5 Å². The van der Waals surface area contributed by atoms with Gasteiger partial charge in [0.1, 0.15) is 12.4 Å². The molecule has 1 aromatic rings. The van der Waals surface area contributed by atoms with Crippen LogP contribution in [0.5, 0.6) is 0 Å². The van der Waals surface area contributed by atoms with Crippen LogP contribution in [0.4, 0.5) is 0 Å². The summed E-state index contributed by atoms with van der Waals surface area (Å²) in [6.07, 6.45) is 4.49. The highest BCUT2D eigenvalue weighted by Crippen LogP contribution is 2.10. The SMILES string of the molecule is CCNCc1coc(COCCN2CCCC2)c1. The van der Waals surface area contributed by atoms with Crippen LogP contribution in [0.2, 0.25) is 0 Å². The minimum Gasteiger partial charge on any atom is -0.467 e. The first-order valence-electron chi connectivity index (χ1n) is 6.95. The van der Waals surface area contributed by atoms with Crippen molar-refractivity contribution in [3.63, 3.8) is 0 Å². The summed E-state index contributed by atoms with van der Waals surface area (Å²) >= 11 is 0. The number of nitrogens with one attached hydrogen (secondary N) is 1. The van der Waals surface area contributed by atoms with Crippen LogP contribution in [-0.2, 0) is 17.9 Å². The molecule has 0 saturated carbocycles. The largest absolute Gasteiger partial charge is 0.467 e. The van der Waals surface area contributed by atoms with Crippen LogP contribution in [0.3, 0.4) is 0 Å². The van der Waals surface area contributed by atoms with Crippen molar-refractivity contribution in [1.29, 1.82) is 0 Å². The van der Waals surface area contributed by atoms with Crippen LogP contribution < -0.4 is 5.32 Å². The van der Waals surface area contributed by atoms with E-state index in [0.29, 0.717) is 6.61 Å². The molecule has 1 aliphatic heterocycles. The molecule has 1 N–H and O–H groups in total. The molecule has 2 rings (SSSR count). The van der Waals surface area contributed by atoms with Gasteiger partial charge in [-0.3, -0.25) is 0 Å². The van der Waals surface area contributed by atoms with E-state index in [1.165, 1.54) is 31.5 Å². The lowest BCUT2D eigenvalue weighted by atomic mass is 10.3. The summed E-state index contributed by atoms with van der Waals surface area (Å²) in [5, 5.41) is 3.27. The summed E-state index contributed by atoms with van der Waals surface area (Å²) in [7, 11) is 0. The van der Waals surface area contributed by atoms with Gasteiger partial charge in [0.2, 0.25) is 0 Å². The second-order valence-electron chi connectivity index (χ2n) is 4.80. The molecule has 1 aliphatic rings. The first kappa shape index (κ1) is 13.6. The normalized spacial score (nSPS) is 16.5. The average molecular weight is 252 g/mol. The average Bonchev–Trinajstić information content (AvgIpc) is 3.04. The molecule has 0 spiro atoms. The molecular weight excluding hydrogens is 228 g/mol. The van der Waals surface area contributed by atoms with Gasteiger partial charge in [-0.25, -0.2) is 0 Å². The maximum atomic E-state index is 5.64. The summed E-state index contributed by atoms with van der Waals surface area (Å²) in [5.74, 6) is 0.921. The number of likely N-dealkylation sites (tertiary alicyclic amines) is 1. The maximum Gasteiger partial charge on any atom is 0.129 e. The Bertz CT molecular complexity index is 332. The van der Waals surface area contributed by atoms with Gasteiger partial charge in [-0.15, -0.1) is 0 Å². The van der Waals surface area contributed by atoms with Gasteiger partial charge in [0, 0.05) is 18.7 Å².